The molecule has 3 N–H and O–H groups in total. The van der Waals surface area contributed by atoms with Crippen LogP contribution in [0.3, 0.4) is 0 Å². The zero-order chi connectivity index (χ0) is 15.2. The van der Waals surface area contributed by atoms with E-state index in [1.54, 1.807) is 30.5 Å². The average molecular weight is 285 g/mol. The molecule has 2 rings (SSSR count). The van der Waals surface area contributed by atoms with Crippen LogP contribution < -0.4 is 15.8 Å². The fourth-order valence-electron chi connectivity index (χ4n) is 1.71. The molecule has 0 bridgehead atoms. The number of aromatic nitrogens is 1. The van der Waals surface area contributed by atoms with Crippen molar-refractivity contribution in [2.24, 2.45) is 5.73 Å². The number of carbonyl (C=O) groups excluding carboxylic acids is 1. The van der Waals surface area contributed by atoms with Gasteiger partial charge in [-0.15, -0.1) is 0 Å². The SMILES string of the molecule is CC(C)NCc1ccc(Oc2ccc(C(N)=O)cc2)nc1. The first-order chi connectivity index (χ1) is 10.0. The topological polar surface area (TPSA) is 77.2 Å². The molecule has 1 heterocycles. The fraction of sp³-hybridized carbons (Fsp3) is 0.250. The molecule has 0 saturated heterocycles. The molecule has 0 unspecified atom stereocenters. The van der Waals surface area contributed by atoms with E-state index in [0.717, 1.165) is 12.1 Å². The number of nitrogens with one attached hydrogen (secondary N) is 1. The third kappa shape index (κ3) is 4.57. The van der Waals surface area contributed by atoms with E-state index in [4.69, 9.17) is 10.5 Å². The van der Waals surface area contributed by atoms with Gasteiger partial charge in [0.05, 0.1) is 0 Å². The molecular weight excluding hydrogens is 266 g/mol. The van der Waals surface area contributed by atoms with Crippen molar-refractivity contribution in [1.82, 2.24) is 10.3 Å². The minimum absolute atomic E-state index is 0.435. The molecule has 0 aliphatic carbocycles. The van der Waals surface area contributed by atoms with Gasteiger partial charge in [0.1, 0.15) is 5.75 Å². The quantitative estimate of drug-likeness (QED) is 0.854. The Morgan fingerprint density at radius 2 is 1.95 bits per heavy atom. The Hall–Kier alpha value is -2.40. The number of hydrogen-bond acceptors (Lipinski definition) is 4. The molecule has 0 radical (unpaired) electrons. The predicted molar refractivity (Wildman–Crippen MR) is 81.2 cm³/mol. The number of hydrogen-bond donors (Lipinski definition) is 2. The van der Waals surface area contributed by atoms with Crippen molar-refractivity contribution in [2.45, 2.75) is 26.4 Å². The summed E-state index contributed by atoms with van der Waals surface area (Å²) in [6.45, 7) is 4.97. The highest BCUT2D eigenvalue weighted by Gasteiger charge is 2.03. The molecule has 2 aromatic rings. The summed E-state index contributed by atoms with van der Waals surface area (Å²) in [6, 6.07) is 10.8. The molecule has 0 saturated carbocycles. The van der Waals surface area contributed by atoms with Crippen LogP contribution in [-0.2, 0) is 6.54 Å². The minimum atomic E-state index is -0.457. The maximum Gasteiger partial charge on any atom is 0.248 e. The highest BCUT2D eigenvalue weighted by molar-refractivity contribution is 5.92. The molecule has 0 spiro atoms. The lowest BCUT2D eigenvalue weighted by Gasteiger charge is -2.09. The molecule has 0 aliphatic rings. The average Bonchev–Trinajstić information content (AvgIpc) is 2.47. The van der Waals surface area contributed by atoms with E-state index in [9.17, 15) is 4.79 Å². The predicted octanol–water partition coefficient (Wildman–Crippen LogP) is 2.47. The summed E-state index contributed by atoms with van der Waals surface area (Å²) >= 11 is 0. The summed E-state index contributed by atoms with van der Waals surface area (Å²) in [4.78, 5) is 15.2. The van der Waals surface area contributed by atoms with E-state index in [1.165, 1.54) is 0 Å². The molecule has 0 fully saturated rings. The second-order valence-electron chi connectivity index (χ2n) is 5.03. The van der Waals surface area contributed by atoms with Crippen LogP contribution in [0.1, 0.15) is 29.8 Å². The fourth-order valence-corrected chi connectivity index (χ4v) is 1.71. The van der Waals surface area contributed by atoms with Gasteiger partial charge in [-0.25, -0.2) is 4.98 Å². The molecule has 110 valence electrons. The van der Waals surface area contributed by atoms with Crippen molar-refractivity contribution in [3.8, 4) is 11.6 Å². The van der Waals surface area contributed by atoms with Gasteiger partial charge in [0.15, 0.2) is 0 Å². The van der Waals surface area contributed by atoms with Crippen molar-refractivity contribution in [2.75, 3.05) is 0 Å². The molecule has 1 aromatic carbocycles. The molecule has 5 heteroatoms. The maximum atomic E-state index is 11.0. The number of pyridine rings is 1. The van der Waals surface area contributed by atoms with Gasteiger partial charge in [0, 0.05) is 30.4 Å². The van der Waals surface area contributed by atoms with Crippen LogP contribution >= 0.6 is 0 Å². The summed E-state index contributed by atoms with van der Waals surface area (Å²) in [5, 5.41) is 3.32. The van der Waals surface area contributed by atoms with Gasteiger partial charge in [0.25, 0.3) is 0 Å². The normalized spacial score (nSPS) is 10.6. The maximum absolute atomic E-state index is 11.0. The smallest absolute Gasteiger partial charge is 0.248 e. The van der Waals surface area contributed by atoms with E-state index in [0.29, 0.717) is 23.2 Å². The Morgan fingerprint density at radius 3 is 2.48 bits per heavy atom. The van der Waals surface area contributed by atoms with Gasteiger partial charge in [0.2, 0.25) is 11.8 Å². The van der Waals surface area contributed by atoms with Crippen LogP contribution in [0.5, 0.6) is 11.6 Å². The molecular formula is C16H19N3O2. The lowest BCUT2D eigenvalue weighted by atomic mass is 10.2. The monoisotopic (exact) mass is 285 g/mol. The number of benzene rings is 1. The number of ether oxygens (including phenoxy) is 1. The Labute approximate surface area is 124 Å². The zero-order valence-electron chi connectivity index (χ0n) is 12.2. The number of carbonyl (C=O) groups is 1. The second kappa shape index (κ2) is 6.85. The Kier molecular flexibility index (Phi) is 4.90. The number of nitrogens with zero attached hydrogens (tertiary/aromatic N) is 1. The highest BCUT2D eigenvalue weighted by Crippen LogP contribution is 2.19. The number of primary amides is 1. The molecule has 1 aromatic heterocycles. The van der Waals surface area contributed by atoms with E-state index in [-0.39, 0.29) is 0 Å². The van der Waals surface area contributed by atoms with E-state index >= 15 is 0 Å². The van der Waals surface area contributed by atoms with Gasteiger partial charge >= 0.3 is 0 Å². The number of nitrogens with two attached hydrogens (primary N) is 1. The molecule has 0 aliphatic heterocycles. The molecule has 21 heavy (non-hydrogen) atoms. The first-order valence-corrected chi connectivity index (χ1v) is 6.80. The standard InChI is InChI=1S/C16H19N3O2/c1-11(2)18-9-12-3-8-15(19-10-12)21-14-6-4-13(5-7-14)16(17)20/h3-8,10-11,18H,9H2,1-2H3,(H2,17,20). The summed E-state index contributed by atoms with van der Waals surface area (Å²) < 4.78 is 5.61. The van der Waals surface area contributed by atoms with Crippen molar-refractivity contribution in [3.05, 3.63) is 53.7 Å². The van der Waals surface area contributed by atoms with E-state index < -0.39 is 5.91 Å². The molecule has 1 amide bonds. The van der Waals surface area contributed by atoms with Crippen LogP contribution in [0.4, 0.5) is 0 Å². The van der Waals surface area contributed by atoms with E-state index in [1.807, 2.05) is 12.1 Å². The Morgan fingerprint density at radius 1 is 1.24 bits per heavy atom. The van der Waals surface area contributed by atoms with Crippen LogP contribution in [-0.4, -0.2) is 16.9 Å². The summed E-state index contributed by atoms with van der Waals surface area (Å²) in [5.74, 6) is 0.664. The summed E-state index contributed by atoms with van der Waals surface area (Å²) in [6.07, 6.45) is 1.78. The molecule has 5 nitrogen and oxygen atoms in total. The number of amides is 1. The third-order valence-corrected chi connectivity index (χ3v) is 2.87. The van der Waals surface area contributed by atoms with Crippen molar-refractivity contribution < 1.29 is 9.53 Å². The van der Waals surface area contributed by atoms with Crippen LogP contribution in [0.15, 0.2) is 42.6 Å². The third-order valence-electron chi connectivity index (χ3n) is 2.87. The van der Waals surface area contributed by atoms with Crippen LogP contribution in [0.2, 0.25) is 0 Å². The Balaban J connectivity index is 1.98. The van der Waals surface area contributed by atoms with Gasteiger partial charge in [-0.05, 0) is 29.8 Å². The highest BCUT2D eigenvalue weighted by atomic mass is 16.5. The van der Waals surface area contributed by atoms with Gasteiger partial charge in [-0.2, -0.15) is 0 Å². The second-order valence-corrected chi connectivity index (χ2v) is 5.03. The zero-order valence-corrected chi connectivity index (χ0v) is 12.2. The van der Waals surface area contributed by atoms with Gasteiger partial charge in [-0.1, -0.05) is 19.9 Å². The minimum Gasteiger partial charge on any atom is -0.439 e. The van der Waals surface area contributed by atoms with Crippen molar-refractivity contribution >= 4 is 5.91 Å². The largest absolute Gasteiger partial charge is 0.439 e. The number of rotatable bonds is 6. The lowest BCUT2D eigenvalue weighted by Crippen LogP contribution is -2.21. The summed E-state index contributed by atoms with van der Waals surface area (Å²) in [7, 11) is 0. The van der Waals surface area contributed by atoms with Crippen LogP contribution in [0, 0.1) is 0 Å². The summed E-state index contributed by atoms with van der Waals surface area (Å²) in [5.41, 5.74) is 6.73. The molecule has 0 atom stereocenters. The first-order valence-electron chi connectivity index (χ1n) is 6.80. The Bertz CT molecular complexity index is 592. The van der Waals surface area contributed by atoms with Gasteiger partial charge in [-0.3, -0.25) is 4.79 Å². The van der Waals surface area contributed by atoms with Crippen molar-refractivity contribution in [3.63, 3.8) is 0 Å². The van der Waals surface area contributed by atoms with E-state index in [2.05, 4.69) is 24.1 Å². The van der Waals surface area contributed by atoms with Crippen LogP contribution in [0.25, 0.3) is 0 Å². The lowest BCUT2D eigenvalue weighted by molar-refractivity contribution is 0.100. The van der Waals surface area contributed by atoms with Gasteiger partial charge < -0.3 is 15.8 Å². The first kappa shape index (κ1) is 15.0. The van der Waals surface area contributed by atoms with Crippen molar-refractivity contribution in [1.29, 1.82) is 0 Å².